The van der Waals surface area contributed by atoms with Gasteiger partial charge < -0.3 is 20.3 Å². The average molecular weight is 1140 g/mol. The molecule has 0 aromatic heterocycles. The number of unbranched alkanes of at least 4 members (excludes halogenated alkanes) is 57. The number of aliphatic hydroxyl groups is 2. The third-order valence-electron chi connectivity index (χ3n) is 17.5. The van der Waals surface area contributed by atoms with Crippen LogP contribution in [0.1, 0.15) is 418 Å². The van der Waals surface area contributed by atoms with Crippen molar-refractivity contribution in [3.63, 3.8) is 0 Å². The zero-order valence-corrected chi connectivity index (χ0v) is 55.0. The zero-order valence-electron chi connectivity index (χ0n) is 55.0. The number of allylic oxidation sites excluding steroid dienone is 3. The van der Waals surface area contributed by atoms with Crippen LogP contribution < -0.4 is 5.32 Å². The lowest BCUT2D eigenvalue weighted by molar-refractivity contribution is -0.143. The van der Waals surface area contributed by atoms with Crippen molar-refractivity contribution in [2.75, 3.05) is 13.2 Å². The number of esters is 1. The van der Waals surface area contributed by atoms with E-state index in [-0.39, 0.29) is 18.5 Å². The summed E-state index contributed by atoms with van der Waals surface area (Å²) in [5, 5.41) is 23.2. The van der Waals surface area contributed by atoms with E-state index in [0.717, 1.165) is 44.9 Å². The summed E-state index contributed by atoms with van der Waals surface area (Å²) in [7, 11) is 0. The highest BCUT2D eigenvalue weighted by atomic mass is 16.5. The van der Waals surface area contributed by atoms with Gasteiger partial charge in [-0.05, 0) is 57.8 Å². The summed E-state index contributed by atoms with van der Waals surface area (Å²) in [6.07, 6.45) is 89.9. The van der Waals surface area contributed by atoms with Crippen LogP contribution in [0.3, 0.4) is 0 Å². The Bertz CT molecular complexity index is 1270. The summed E-state index contributed by atoms with van der Waals surface area (Å²) in [4.78, 5) is 24.6. The Morgan fingerprint density at radius 3 is 0.877 bits per heavy atom. The first-order valence-electron chi connectivity index (χ1n) is 37.1. The number of ether oxygens (including phenoxy) is 1. The van der Waals surface area contributed by atoms with Crippen LogP contribution in [0.2, 0.25) is 0 Å². The van der Waals surface area contributed by atoms with Gasteiger partial charge in [-0.1, -0.05) is 372 Å². The lowest BCUT2D eigenvalue weighted by Crippen LogP contribution is -2.45. The summed E-state index contributed by atoms with van der Waals surface area (Å²) in [6, 6.07) is -0.625. The van der Waals surface area contributed by atoms with Crippen LogP contribution in [-0.2, 0) is 14.3 Å². The van der Waals surface area contributed by atoms with Crippen LogP contribution >= 0.6 is 0 Å². The quantitative estimate of drug-likeness (QED) is 0.0320. The molecule has 0 aromatic carbocycles. The van der Waals surface area contributed by atoms with Crippen molar-refractivity contribution in [1.29, 1.82) is 0 Å². The molecule has 0 aliphatic heterocycles. The van der Waals surface area contributed by atoms with Crippen molar-refractivity contribution >= 4 is 11.9 Å². The van der Waals surface area contributed by atoms with Crippen molar-refractivity contribution in [2.45, 2.75) is 431 Å². The molecule has 2 unspecified atom stereocenters. The Morgan fingerprint density at radius 1 is 0.333 bits per heavy atom. The third kappa shape index (κ3) is 67.3. The number of carbonyl (C=O) groups is 2. The van der Waals surface area contributed by atoms with Gasteiger partial charge in [-0.15, -0.1) is 0 Å². The molecule has 81 heavy (non-hydrogen) atoms. The number of hydrogen-bond acceptors (Lipinski definition) is 5. The van der Waals surface area contributed by atoms with Crippen molar-refractivity contribution in [3.05, 3.63) is 24.3 Å². The van der Waals surface area contributed by atoms with Gasteiger partial charge in [0, 0.05) is 12.8 Å². The molecule has 0 saturated carbocycles. The lowest BCUT2D eigenvalue weighted by atomic mass is 10.0. The Hall–Kier alpha value is -1.66. The SMILES string of the molecule is CCCCCCCCC/C=C\CCCCCCCC(=O)OCCCCCCCCCCCCCCCCCCCCCCCCCCCCCCCCC(=O)NC(CO)C(O)/C=C/CCCCCCCCCCCCCCCCCC. The Kier molecular flexibility index (Phi) is 69.4. The van der Waals surface area contributed by atoms with E-state index in [1.54, 1.807) is 6.08 Å². The summed E-state index contributed by atoms with van der Waals surface area (Å²) < 4.78 is 5.50. The van der Waals surface area contributed by atoms with Crippen LogP contribution in [0, 0.1) is 0 Å². The van der Waals surface area contributed by atoms with Crippen LogP contribution in [0.4, 0.5) is 0 Å². The normalized spacial score (nSPS) is 12.6. The Morgan fingerprint density at radius 2 is 0.580 bits per heavy atom. The first-order chi connectivity index (χ1) is 40.0. The smallest absolute Gasteiger partial charge is 0.305 e. The fourth-order valence-corrected chi connectivity index (χ4v) is 11.8. The topological polar surface area (TPSA) is 95.9 Å². The number of aliphatic hydroxyl groups excluding tert-OH is 2. The zero-order chi connectivity index (χ0) is 58.5. The van der Waals surface area contributed by atoms with E-state index in [0.29, 0.717) is 19.4 Å². The minimum absolute atomic E-state index is 0.0132. The fraction of sp³-hybridized carbons (Fsp3) is 0.920. The molecule has 480 valence electrons. The predicted octanol–water partition coefficient (Wildman–Crippen LogP) is 24.1. The van der Waals surface area contributed by atoms with Gasteiger partial charge in [-0.25, -0.2) is 0 Å². The van der Waals surface area contributed by atoms with Crippen molar-refractivity contribution in [2.24, 2.45) is 0 Å². The number of carbonyl (C=O) groups excluding carboxylic acids is 2. The molecule has 6 nitrogen and oxygen atoms in total. The van der Waals surface area contributed by atoms with Gasteiger partial charge in [0.15, 0.2) is 0 Å². The summed E-state index contributed by atoms with van der Waals surface area (Å²) in [5.74, 6) is -0.0472. The number of nitrogens with one attached hydrogen (secondary N) is 1. The molecule has 6 heteroatoms. The van der Waals surface area contributed by atoms with E-state index in [2.05, 4.69) is 31.3 Å². The average Bonchev–Trinajstić information content (AvgIpc) is 3.47. The highest BCUT2D eigenvalue weighted by Gasteiger charge is 2.18. The van der Waals surface area contributed by atoms with Gasteiger partial charge >= 0.3 is 5.97 Å². The molecule has 0 aromatic rings. The second kappa shape index (κ2) is 70.8. The molecular weight excluding hydrogens is 995 g/mol. The molecule has 0 rings (SSSR count). The van der Waals surface area contributed by atoms with Gasteiger partial charge in [0.25, 0.3) is 0 Å². The standard InChI is InChI=1S/C75H145NO5/c1-3-5-7-9-11-13-15-17-19-21-36-39-43-47-51-55-59-63-67-73(78)72(71-77)76-74(79)68-64-60-56-52-48-44-40-37-34-32-30-28-26-24-22-23-25-27-29-31-33-35-38-42-46-50-54-58-62-66-70-81-75(80)69-65-61-57-53-49-45-41-20-18-16-14-12-10-8-6-4-2/h20,41,63,67,72-73,77-78H,3-19,21-40,42-62,64-66,68-71H2,1-2H3,(H,76,79)/b41-20-,67-63+. The largest absolute Gasteiger partial charge is 0.466 e. The molecule has 0 aliphatic rings. The summed E-state index contributed by atoms with van der Waals surface area (Å²) >= 11 is 0. The summed E-state index contributed by atoms with van der Waals surface area (Å²) in [5.41, 5.74) is 0. The first-order valence-corrected chi connectivity index (χ1v) is 37.1. The van der Waals surface area contributed by atoms with E-state index >= 15 is 0 Å². The molecule has 0 radical (unpaired) electrons. The molecule has 0 fully saturated rings. The molecular formula is C75H145NO5. The molecule has 1 amide bonds. The van der Waals surface area contributed by atoms with E-state index in [9.17, 15) is 19.8 Å². The molecule has 0 saturated heterocycles. The second-order valence-electron chi connectivity index (χ2n) is 25.6. The molecule has 0 heterocycles. The van der Waals surface area contributed by atoms with E-state index < -0.39 is 12.1 Å². The van der Waals surface area contributed by atoms with Crippen molar-refractivity contribution in [3.8, 4) is 0 Å². The third-order valence-corrected chi connectivity index (χ3v) is 17.5. The summed E-state index contributed by atoms with van der Waals surface area (Å²) in [6.45, 7) is 4.94. The maximum absolute atomic E-state index is 12.5. The van der Waals surface area contributed by atoms with E-state index in [1.807, 2.05) is 6.08 Å². The van der Waals surface area contributed by atoms with Crippen LogP contribution in [0.25, 0.3) is 0 Å². The fourth-order valence-electron chi connectivity index (χ4n) is 11.8. The molecule has 0 aliphatic carbocycles. The van der Waals surface area contributed by atoms with Crippen LogP contribution in [0.15, 0.2) is 24.3 Å². The van der Waals surface area contributed by atoms with E-state index in [1.165, 1.54) is 347 Å². The minimum Gasteiger partial charge on any atom is -0.466 e. The lowest BCUT2D eigenvalue weighted by Gasteiger charge is -2.20. The number of rotatable bonds is 70. The monoisotopic (exact) mass is 1140 g/mol. The van der Waals surface area contributed by atoms with Gasteiger partial charge in [0.1, 0.15) is 0 Å². The first kappa shape index (κ1) is 79.3. The molecule has 3 N–H and O–H groups in total. The molecule has 2 atom stereocenters. The maximum atomic E-state index is 12.5. The van der Waals surface area contributed by atoms with Gasteiger partial charge in [-0.3, -0.25) is 9.59 Å². The van der Waals surface area contributed by atoms with E-state index in [4.69, 9.17) is 4.74 Å². The second-order valence-corrected chi connectivity index (χ2v) is 25.6. The Labute approximate surface area is 507 Å². The maximum Gasteiger partial charge on any atom is 0.305 e. The van der Waals surface area contributed by atoms with Crippen LogP contribution in [-0.4, -0.2) is 47.4 Å². The van der Waals surface area contributed by atoms with Gasteiger partial charge in [0.05, 0.1) is 25.4 Å². The molecule has 0 spiro atoms. The van der Waals surface area contributed by atoms with Gasteiger partial charge in [0.2, 0.25) is 5.91 Å². The highest BCUT2D eigenvalue weighted by Crippen LogP contribution is 2.19. The van der Waals surface area contributed by atoms with Gasteiger partial charge in [-0.2, -0.15) is 0 Å². The number of hydrogen-bond donors (Lipinski definition) is 3. The predicted molar refractivity (Wildman–Crippen MR) is 356 cm³/mol. The van der Waals surface area contributed by atoms with Crippen LogP contribution in [0.5, 0.6) is 0 Å². The van der Waals surface area contributed by atoms with Crippen molar-refractivity contribution < 1.29 is 24.5 Å². The highest BCUT2D eigenvalue weighted by molar-refractivity contribution is 5.76. The van der Waals surface area contributed by atoms with Crippen molar-refractivity contribution in [1.82, 2.24) is 5.32 Å². The molecule has 0 bridgehead atoms. The Balaban J connectivity index is 3.35. The minimum atomic E-state index is -0.842. The number of amides is 1.